The third-order valence-electron chi connectivity index (χ3n) is 3.49. The maximum atomic E-state index is 5.84. The lowest BCUT2D eigenvalue weighted by molar-refractivity contribution is 0.244. The smallest absolute Gasteiger partial charge is 0.119 e. The zero-order chi connectivity index (χ0) is 14.2. The molecule has 3 nitrogen and oxygen atoms in total. The van der Waals surface area contributed by atoms with E-state index in [0.717, 1.165) is 38.0 Å². The molecule has 1 fully saturated rings. The van der Waals surface area contributed by atoms with Gasteiger partial charge in [-0.25, -0.2) is 0 Å². The van der Waals surface area contributed by atoms with Gasteiger partial charge in [-0.2, -0.15) is 11.8 Å². The molecule has 0 heterocycles. The summed E-state index contributed by atoms with van der Waals surface area (Å²) in [5.41, 5.74) is 1.31. The van der Waals surface area contributed by atoms with E-state index in [1.54, 1.807) is 0 Å². The first-order chi connectivity index (χ1) is 9.78. The summed E-state index contributed by atoms with van der Waals surface area (Å²) in [7, 11) is 2.15. The Bertz CT molecular complexity index is 396. The Hall–Kier alpha value is -0.710. The predicted molar refractivity (Wildman–Crippen MR) is 87.7 cm³/mol. The van der Waals surface area contributed by atoms with Gasteiger partial charge >= 0.3 is 0 Å². The summed E-state index contributed by atoms with van der Waals surface area (Å²) < 4.78 is 5.84. The summed E-state index contributed by atoms with van der Waals surface area (Å²) in [6.45, 7) is 3.81. The fraction of sp³-hybridized carbons (Fsp3) is 0.625. The minimum atomic E-state index is 0.754. The maximum absolute atomic E-state index is 5.84. The summed E-state index contributed by atoms with van der Waals surface area (Å²) >= 11 is 1.89. The molecule has 4 heteroatoms. The zero-order valence-electron chi connectivity index (χ0n) is 12.6. The summed E-state index contributed by atoms with van der Waals surface area (Å²) in [4.78, 5) is 2.31. The van der Waals surface area contributed by atoms with Crippen molar-refractivity contribution in [2.45, 2.75) is 25.4 Å². The van der Waals surface area contributed by atoms with Gasteiger partial charge in [-0.3, -0.25) is 0 Å². The highest BCUT2D eigenvalue weighted by atomic mass is 32.2. The number of nitrogens with zero attached hydrogens (tertiary/aromatic N) is 1. The van der Waals surface area contributed by atoms with Crippen molar-refractivity contribution in [1.82, 2.24) is 10.2 Å². The third kappa shape index (κ3) is 6.16. The van der Waals surface area contributed by atoms with Crippen LogP contribution >= 0.6 is 11.8 Å². The normalized spacial score (nSPS) is 14.8. The fourth-order valence-electron chi connectivity index (χ4n) is 1.97. The van der Waals surface area contributed by atoms with Crippen LogP contribution in [0.2, 0.25) is 0 Å². The highest BCUT2D eigenvalue weighted by Gasteiger charge is 2.19. The lowest BCUT2D eigenvalue weighted by Crippen LogP contribution is -2.26. The second-order valence-electron chi connectivity index (χ2n) is 5.45. The van der Waals surface area contributed by atoms with Crippen molar-refractivity contribution >= 4 is 11.8 Å². The van der Waals surface area contributed by atoms with Gasteiger partial charge in [0.05, 0.1) is 0 Å². The van der Waals surface area contributed by atoms with Crippen LogP contribution in [0, 0.1) is 0 Å². The van der Waals surface area contributed by atoms with Gasteiger partial charge < -0.3 is 15.0 Å². The van der Waals surface area contributed by atoms with Crippen molar-refractivity contribution in [2.24, 2.45) is 0 Å². The average Bonchev–Trinajstić information content (AvgIpc) is 3.28. The maximum Gasteiger partial charge on any atom is 0.119 e. The predicted octanol–water partition coefficient (Wildman–Crippen LogP) is 2.61. The Labute approximate surface area is 127 Å². The first kappa shape index (κ1) is 15.7. The van der Waals surface area contributed by atoms with Gasteiger partial charge in [0.1, 0.15) is 12.4 Å². The molecule has 0 amide bonds. The number of hydrogen-bond acceptors (Lipinski definition) is 4. The summed E-state index contributed by atoms with van der Waals surface area (Å²) in [5.74, 6) is 2.16. The van der Waals surface area contributed by atoms with Gasteiger partial charge in [-0.05, 0) is 43.8 Å². The molecule has 0 unspecified atom stereocenters. The number of benzene rings is 1. The molecule has 0 atom stereocenters. The molecule has 20 heavy (non-hydrogen) atoms. The lowest BCUT2D eigenvalue weighted by atomic mass is 10.2. The first-order valence-electron chi connectivity index (χ1n) is 7.40. The van der Waals surface area contributed by atoms with Gasteiger partial charge in [0.25, 0.3) is 0 Å². The van der Waals surface area contributed by atoms with Crippen molar-refractivity contribution in [1.29, 1.82) is 0 Å². The second-order valence-corrected chi connectivity index (χ2v) is 6.43. The van der Waals surface area contributed by atoms with Gasteiger partial charge in [0.2, 0.25) is 0 Å². The summed E-state index contributed by atoms with van der Waals surface area (Å²) in [6.07, 6.45) is 4.81. The number of ether oxygens (including phenoxy) is 1. The van der Waals surface area contributed by atoms with E-state index in [9.17, 15) is 0 Å². The molecule has 0 bridgehead atoms. The Balaban J connectivity index is 1.67. The topological polar surface area (TPSA) is 24.5 Å². The highest BCUT2D eigenvalue weighted by Crippen LogP contribution is 2.20. The molecule has 0 radical (unpaired) electrons. The van der Waals surface area contributed by atoms with E-state index in [1.165, 1.54) is 24.2 Å². The van der Waals surface area contributed by atoms with Crippen LogP contribution in [-0.4, -0.2) is 49.7 Å². The van der Waals surface area contributed by atoms with E-state index >= 15 is 0 Å². The SMILES string of the molecule is CSCCN(C)CCOc1cccc(CNC2CC2)c1. The van der Waals surface area contributed by atoms with Gasteiger partial charge in [-0.1, -0.05) is 12.1 Å². The van der Waals surface area contributed by atoms with Crippen molar-refractivity contribution in [2.75, 3.05) is 38.8 Å². The van der Waals surface area contributed by atoms with Crippen molar-refractivity contribution in [3.05, 3.63) is 29.8 Å². The number of rotatable bonds is 10. The van der Waals surface area contributed by atoms with Crippen LogP contribution in [0.15, 0.2) is 24.3 Å². The molecular weight excluding hydrogens is 268 g/mol. The minimum absolute atomic E-state index is 0.754. The monoisotopic (exact) mass is 294 g/mol. The van der Waals surface area contributed by atoms with E-state index in [2.05, 4.69) is 41.7 Å². The Kier molecular flexibility index (Phi) is 6.70. The molecule has 2 rings (SSSR count). The molecular formula is C16H26N2OS. The van der Waals surface area contributed by atoms with E-state index in [0.29, 0.717) is 0 Å². The van der Waals surface area contributed by atoms with Crippen LogP contribution in [0.25, 0.3) is 0 Å². The number of hydrogen-bond donors (Lipinski definition) is 1. The van der Waals surface area contributed by atoms with Crippen molar-refractivity contribution in [3.63, 3.8) is 0 Å². The van der Waals surface area contributed by atoms with E-state index in [-0.39, 0.29) is 0 Å². The average molecular weight is 294 g/mol. The van der Waals surface area contributed by atoms with Crippen LogP contribution in [0.4, 0.5) is 0 Å². The lowest BCUT2D eigenvalue weighted by Gasteiger charge is -2.16. The van der Waals surface area contributed by atoms with Crippen LogP contribution in [-0.2, 0) is 6.54 Å². The van der Waals surface area contributed by atoms with Crippen molar-refractivity contribution < 1.29 is 4.74 Å². The van der Waals surface area contributed by atoms with E-state index in [4.69, 9.17) is 4.74 Å². The molecule has 0 aromatic heterocycles. The molecule has 1 aliphatic rings. The second kappa shape index (κ2) is 8.55. The number of nitrogens with one attached hydrogen (secondary N) is 1. The standard InChI is InChI=1S/C16H26N2OS/c1-18(9-11-20-2)8-10-19-16-5-3-4-14(12-16)13-17-15-6-7-15/h3-5,12,15,17H,6-11,13H2,1-2H3. The number of thioether (sulfide) groups is 1. The van der Waals surface area contributed by atoms with Crippen molar-refractivity contribution in [3.8, 4) is 5.75 Å². The molecule has 1 aromatic carbocycles. The summed E-state index contributed by atoms with van der Waals surface area (Å²) in [6, 6.07) is 9.19. The van der Waals surface area contributed by atoms with Crippen LogP contribution in [0.1, 0.15) is 18.4 Å². The Morgan fingerprint density at radius 2 is 2.20 bits per heavy atom. The van der Waals surface area contributed by atoms with Gasteiger partial charge in [0, 0.05) is 31.4 Å². The molecule has 1 aromatic rings. The van der Waals surface area contributed by atoms with E-state index in [1.807, 2.05) is 17.8 Å². The largest absolute Gasteiger partial charge is 0.492 e. The molecule has 112 valence electrons. The molecule has 1 saturated carbocycles. The molecule has 1 aliphatic carbocycles. The Morgan fingerprint density at radius 1 is 1.35 bits per heavy atom. The molecule has 0 spiro atoms. The number of likely N-dealkylation sites (N-methyl/N-ethyl adjacent to an activating group) is 1. The zero-order valence-corrected chi connectivity index (χ0v) is 13.4. The molecule has 0 aliphatic heterocycles. The molecule has 1 N–H and O–H groups in total. The van der Waals surface area contributed by atoms with Crippen LogP contribution in [0.5, 0.6) is 5.75 Å². The molecule has 0 saturated heterocycles. The van der Waals surface area contributed by atoms with Crippen LogP contribution < -0.4 is 10.1 Å². The minimum Gasteiger partial charge on any atom is -0.492 e. The van der Waals surface area contributed by atoms with Crippen LogP contribution in [0.3, 0.4) is 0 Å². The van der Waals surface area contributed by atoms with E-state index < -0.39 is 0 Å². The third-order valence-corrected chi connectivity index (χ3v) is 4.08. The fourth-order valence-corrected chi connectivity index (χ4v) is 2.47. The highest BCUT2D eigenvalue weighted by molar-refractivity contribution is 7.98. The van der Waals surface area contributed by atoms with Gasteiger partial charge in [-0.15, -0.1) is 0 Å². The quantitative estimate of drug-likeness (QED) is 0.717. The first-order valence-corrected chi connectivity index (χ1v) is 8.80. The summed E-state index contributed by atoms with van der Waals surface area (Å²) in [5, 5.41) is 3.53. The van der Waals surface area contributed by atoms with Gasteiger partial charge in [0.15, 0.2) is 0 Å². The Morgan fingerprint density at radius 3 is 2.95 bits per heavy atom.